The molecule has 0 atom stereocenters. The Balaban J connectivity index is 1.20. The van der Waals surface area contributed by atoms with E-state index >= 15 is 0 Å². The van der Waals surface area contributed by atoms with Crippen LogP contribution in [0.2, 0.25) is 0 Å². The zero-order valence-corrected chi connectivity index (χ0v) is 30.9. The third-order valence-electron chi connectivity index (χ3n) is 10.5. The number of hydrogen-bond acceptors (Lipinski definition) is 5. The molecule has 3 heterocycles. The van der Waals surface area contributed by atoms with Gasteiger partial charge in [0, 0.05) is 47.6 Å². The first kappa shape index (κ1) is 32.2. The minimum absolute atomic E-state index is 0.554. The first-order valence-corrected chi connectivity index (χ1v) is 19.5. The fourth-order valence-corrected chi connectivity index (χ4v) is 9.00. The van der Waals surface area contributed by atoms with Crippen molar-refractivity contribution in [2.24, 2.45) is 0 Å². The van der Waals surface area contributed by atoms with E-state index in [-0.39, 0.29) is 0 Å². The lowest BCUT2D eigenvalue weighted by Gasteiger charge is -2.11. The van der Waals surface area contributed by atoms with E-state index in [1.54, 1.807) is 11.3 Å². The van der Waals surface area contributed by atoms with E-state index in [0.29, 0.717) is 17.5 Å². The Kier molecular flexibility index (Phi) is 7.64. The van der Waals surface area contributed by atoms with Crippen LogP contribution in [-0.4, -0.2) is 15.0 Å². The minimum atomic E-state index is 0.554. The third kappa shape index (κ3) is 5.48. The number of benzene rings is 8. The van der Waals surface area contributed by atoms with Gasteiger partial charge in [0.25, 0.3) is 0 Å². The summed E-state index contributed by atoms with van der Waals surface area (Å²) in [5.41, 5.74) is 10.8. The van der Waals surface area contributed by atoms with Gasteiger partial charge in [0.15, 0.2) is 17.5 Å². The lowest BCUT2D eigenvalue weighted by atomic mass is 9.92. The molecule has 0 saturated heterocycles. The summed E-state index contributed by atoms with van der Waals surface area (Å²) in [6, 6.07) is 65.6. The van der Waals surface area contributed by atoms with E-state index in [9.17, 15) is 0 Å². The van der Waals surface area contributed by atoms with Crippen molar-refractivity contribution in [3.63, 3.8) is 0 Å². The average Bonchev–Trinajstić information content (AvgIpc) is 3.85. The van der Waals surface area contributed by atoms with E-state index in [2.05, 4.69) is 152 Å². The summed E-state index contributed by atoms with van der Waals surface area (Å²) in [4.78, 5) is 15.5. The molecule has 5 heteroatoms. The first-order chi connectivity index (χ1) is 27.7. The summed E-state index contributed by atoms with van der Waals surface area (Å²) >= 11 is 1.79. The highest BCUT2D eigenvalue weighted by Gasteiger charge is 2.23. The Bertz CT molecular complexity index is 3230. The molecule has 4 nitrogen and oxygen atoms in total. The Morgan fingerprint density at radius 1 is 0.321 bits per heavy atom. The lowest BCUT2D eigenvalue weighted by molar-refractivity contribution is 0.670. The molecule has 11 aromatic rings. The number of rotatable bonds is 6. The number of furan rings is 1. The van der Waals surface area contributed by atoms with Crippen LogP contribution in [0.5, 0.6) is 0 Å². The van der Waals surface area contributed by atoms with Gasteiger partial charge in [-0.05, 0) is 58.1 Å². The monoisotopic (exact) mass is 733 g/mol. The number of nitrogens with zero attached hydrogens (tertiary/aromatic N) is 3. The highest BCUT2D eigenvalue weighted by molar-refractivity contribution is 7.25. The predicted molar refractivity (Wildman–Crippen MR) is 233 cm³/mol. The van der Waals surface area contributed by atoms with Crippen LogP contribution in [0.1, 0.15) is 0 Å². The fraction of sp³-hybridized carbons (Fsp3) is 0. The first-order valence-electron chi connectivity index (χ1n) is 18.7. The molecule has 0 aliphatic carbocycles. The summed E-state index contributed by atoms with van der Waals surface area (Å²) in [7, 11) is 0. The molecule has 0 saturated carbocycles. The zero-order chi connectivity index (χ0) is 37.0. The van der Waals surface area contributed by atoms with E-state index in [4.69, 9.17) is 19.4 Å². The molecule has 0 unspecified atom stereocenters. The van der Waals surface area contributed by atoms with Crippen molar-refractivity contribution in [2.75, 3.05) is 0 Å². The maximum absolute atomic E-state index is 7.16. The second-order valence-electron chi connectivity index (χ2n) is 13.9. The van der Waals surface area contributed by atoms with Gasteiger partial charge < -0.3 is 4.42 Å². The van der Waals surface area contributed by atoms with Crippen molar-refractivity contribution < 1.29 is 4.42 Å². The number of fused-ring (bicyclic) bond motifs is 6. The fourth-order valence-electron chi connectivity index (χ4n) is 7.85. The van der Waals surface area contributed by atoms with Gasteiger partial charge >= 0.3 is 0 Å². The van der Waals surface area contributed by atoms with Crippen LogP contribution in [0.15, 0.2) is 192 Å². The summed E-state index contributed by atoms with van der Waals surface area (Å²) in [5.74, 6) is 1.77. The van der Waals surface area contributed by atoms with E-state index in [0.717, 1.165) is 72.0 Å². The SMILES string of the molecule is c1ccc(-c2cc(-c3ccccc3)c3oc4c(-c5nc(-c6ccccc6)nc(-c6ccc7c(c6)sc6ccccc67)n5)ccc(-c5ccccc5)c4c3c2)cc1. The molecule has 0 aliphatic heterocycles. The second kappa shape index (κ2) is 13.3. The molecule has 3 aromatic heterocycles. The van der Waals surface area contributed by atoms with Crippen LogP contribution in [0, 0.1) is 0 Å². The lowest BCUT2D eigenvalue weighted by Crippen LogP contribution is -2.00. The molecule has 262 valence electrons. The van der Waals surface area contributed by atoms with Gasteiger partial charge in [-0.15, -0.1) is 11.3 Å². The maximum atomic E-state index is 7.16. The summed E-state index contributed by atoms with van der Waals surface area (Å²) in [6.45, 7) is 0. The van der Waals surface area contributed by atoms with Gasteiger partial charge in [0.1, 0.15) is 11.2 Å². The molecule has 0 bridgehead atoms. The van der Waals surface area contributed by atoms with Gasteiger partial charge in [-0.1, -0.05) is 158 Å². The molecule has 56 heavy (non-hydrogen) atoms. The molecule has 11 rings (SSSR count). The normalized spacial score (nSPS) is 11.6. The van der Waals surface area contributed by atoms with Gasteiger partial charge in [0.2, 0.25) is 0 Å². The number of hydrogen-bond donors (Lipinski definition) is 0. The number of thiophene rings is 1. The van der Waals surface area contributed by atoms with E-state index < -0.39 is 0 Å². The largest absolute Gasteiger partial charge is 0.455 e. The second-order valence-corrected chi connectivity index (χ2v) is 15.0. The molecule has 8 aromatic carbocycles. The van der Waals surface area contributed by atoms with Crippen molar-refractivity contribution in [1.82, 2.24) is 15.0 Å². The third-order valence-corrected chi connectivity index (χ3v) is 11.7. The molecule has 0 N–H and O–H groups in total. The van der Waals surface area contributed by atoms with E-state index in [1.807, 2.05) is 36.4 Å². The molecular weight excluding hydrogens is 703 g/mol. The standard InChI is InChI=1S/C51H31N3OS/c1-5-15-32(16-6-1)37-29-42(34-19-9-3-10-20-34)47-43(30-37)46-38(33-17-7-2-8-18-33)27-28-41(48(46)55-47)51-53-49(35-21-11-4-12-22-35)52-50(54-51)36-25-26-40-39-23-13-14-24-44(39)56-45(40)31-36/h1-31H. The Labute approximate surface area is 327 Å². The summed E-state index contributed by atoms with van der Waals surface area (Å²) < 4.78 is 9.62. The molecule has 0 amide bonds. The Morgan fingerprint density at radius 3 is 1.59 bits per heavy atom. The van der Waals surface area contributed by atoms with Crippen LogP contribution < -0.4 is 0 Å². The average molecular weight is 734 g/mol. The molecule has 0 fully saturated rings. The van der Waals surface area contributed by atoms with Crippen molar-refractivity contribution in [3.05, 3.63) is 188 Å². The quantitative estimate of drug-likeness (QED) is 0.171. The predicted octanol–water partition coefficient (Wildman–Crippen LogP) is 14.1. The smallest absolute Gasteiger partial charge is 0.167 e. The van der Waals surface area contributed by atoms with Crippen LogP contribution in [0.4, 0.5) is 0 Å². The van der Waals surface area contributed by atoms with Gasteiger partial charge in [0.05, 0.1) is 5.56 Å². The summed E-state index contributed by atoms with van der Waals surface area (Å²) in [5, 5.41) is 4.55. The number of aromatic nitrogens is 3. The maximum Gasteiger partial charge on any atom is 0.167 e. The topological polar surface area (TPSA) is 51.8 Å². The van der Waals surface area contributed by atoms with Crippen LogP contribution in [0.25, 0.3) is 110 Å². The minimum Gasteiger partial charge on any atom is -0.455 e. The van der Waals surface area contributed by atoms with Crippen LogP contribution >= 0.6 is 11.3 Å². The van der Waals surface area contributed by atoms with Crippen LogP contribution in [0.3, 0.4) is 0 Å². The van der Waals surface area contributed by atoms with Crippen molar-refractivity contribution >= 4 is 53.4 Å². The molecular formula is C51H31N3OS. The van der Waals surface area contributed by atoms with Crippen LogP contribution in [-0.2, 0) is 0 Å². The van der Waals surface area contributed by atoms with Crippen molar-refractivity contribution in [2.45, 2.75) is 0 Å². The summed E-state index contributed by atoms with van der Waals surface area (Å²) in [6.07, 6.45) is 0. The Hall–Kier alpha value is -7.21. The van der Waals surface area contributed by atoms with Gasteiger partial charge in [-0.2, -0.15) is 0 Å². The molecule has 0 radical (unpaired) electrons. The highest BCUT2D eigenvalue weighted by Crippen LogP contribution is 2.46. The van der Waals surface area contributed by atoms with Gasteiger partial charge in [-0.25, -0.2) is 15.0 Å². The van der Waals surface area contributed by atoms with Crippen molar-refractivity contribution in [1.29, 1.82) is 0 Å². The zero-order valence-electron chi connectivity index (χ0n) is 30.1. The van der Waals surface area contributed by atoms with E-state index in [1.165, 1.54) is 20.2 Å². The highest BCUT2D eigenvalue weighted by atomic mass is 32.1. The van der Waals surface area contributed by atoms with Gasteiger partial charge in [-0.3, -0.25) is 0 Å². The molecule has 0 spiro atoms. The Morgan fingerprint density at radius 2 is 0.875 bits per heavy atom. The molecule has 0 aliphatic rings. The van der Waals surface area contributed by atoms with Crippen molar-refractivity contribution in [3.8, 4) is 67.5 Å².